The normalized spacial score (nSPS) is 10.9. The molecule has 0 saturated heterocycles. The van der Waals surface area contributed by atoms with Crippen molar-refractivity contribution < 1.29 is 27.5 Å². The fourth-order valence-corrected chi connectivity index (χ4v) is 1.75. The summed E-state index contributed by atoms with van der Waals surface area (Å²) in [6.45, 7) is 0. The summed E-state index contributed by atoms with van der Waals surface area (Å²) in [5.41, 5.74) is -1.49. The van der Waals surface area contributed by atoms with Crippen molar-refractivity contribution in [3.8, 4) is 0 Å². The van der Waals surface area contributed by atoms with Crippen LogP contribution in [0.4, 0.5) is 17.6 Å². The Balaban J connectivity index is 2.36. The summed E-state index contributed by atoms with van der Waals surface area (Å²) in [5.74, 6) is -3.36. The first-order chi connectivity index (χ1) is 9.86. The van der Waals surface area contributed by atoms with E-state index in [-0.39, 0.29) is 17.8 Å². The average molecular weight is 300 g/mol. The Labute approximate surface area is 116 Å². The van der Waals surface area contributed by atoms with E-state index in [2.05, 4.69) is 9.97 Å². The number of carboxylic acid groups (broad SMARTS) is 1. The number of halogens is 4. The van der Waals surface area contributed by atoms with Crippen molar-refractivity contribution in [3.05, 3.63) is 58.7 Å². The van der Waals surface area contributed by atoms with Crippen LogP contribution in [0.5, 0.6) is 0 Å². The maximum absolute atomic E-state index is 13.0. The minimum absolute atomic E-state index is 0.149. The molecule has 110 valence electrons. The first kappa shape index (κ1) is 14.9. The largest absolute Gasteiger partial charge is 0.478 e. The molecule has 0 aliphatic heterocycles. The molecule has 0 aliphatic carbocycles. The van der Waals surface area contributed by atoms with Crippen molar-refractivity contribution in [2.45, 2.75) is 12.8 Å². The number of hydrogen-bond acceptors (Lipinski definition) is 3. The number of rotatable bonds is 4. The molecular weight excluding hydrogens is 292 g/mol. The molecule has 2 rings (SSSR count). The topological polar surface area (TPSA) is 63.1 Å². The van der Waals surface area contributed by atoms with Gasteiger partial charge in [0.2, 0.25) is 0 Å². The summed E-state index contributed by atoms with van der Waals surface area (Å²) in [6.07, 6.45) is -2.54. The Morgan fingerprint density at radius 3 is 2.33 bits per heavy atom. The highest BCUT2D eigenvalue weighted by molar-refractivity contribution is 5.88. The highest BCUT2D eigenvalue weighted by Gasteiger charge is 2.21. The molecule has 8 heteroatoms. The monoisotopic (exact) mass is 300 g/mol. The van der Waals surface area contributed by atoms with Crippen LogP contribution < -0.4 is 0 Å². The molecule has 1 aromatic heterocycles. The van der Waals surface area contributed by atoms with Crippen LogP contribution in [0.15, 0.2) is 24.4 Å². The summed E-state index contributed by atoms with van der Waals surface area (Å²) >= 11 is 0. The van der Waals surface area contributed by atoms with Gasteiger partial charge in [0.25, 0.3) is 6.43 Å². The molecule has 0 unspecified atom stereocenters. The smallest absolute Gasteiger partial charge is 0.339 e. The Morgan fingerprint density at radius 2 is 1.81 bits per heavy atom. The van der Waals surface area contributed by atoms with E-state index in [9.17, 15) is 22.4 Å². The SMILES string of the molecule is O=C(O)c1cnc(Cc2cc(F)cc(F)c2)nc1C(F)F. The number of carboxylic acids is 1. The molecule has 0 spiro atoms. The van der Waals surface area contributed by atoms with Gasteiger partial charge in [-0.1, -0.05) is 0 Å². The van der Waals surface area contributed by atoms with E-state index in [1.54, 1.807) is 0 Å². The molecule has 1 N–H and O–H groups in total. The van der Waals surface area contributed by atoms with Crippen LogP contribution in [0, 0.1) is 11.6 Å². The van der Waals surface area contributed by atoms with Gasteiger partial charge in [-0.05, 0) is 17.7 Å². The van der Waals surface area contributed by atoms with Crippen LogP contribution in [0.3, 0.4) is 0 Å². The first-order valence-electron chi connectivity index (χ1n) is 5.69. The van der Waals surface area contributed by atoms with Crippen molar-refractivity contribution in [1.82, 2.24) is 9.97 Å². The van der Waals surface area contributed by atoms with Crippen molar-refractivity contribution in [1.29, 1.82) is 0 Å². The number of aromatic nitrogens is 2. The van der Waals surface area contributed by atoms with Crippen molar-refractivity contribution in [3.63, 3.8) is 0 Å². The maximum Gasteiger partial charge on any atom is 0.339 e. The molecule has 21 heavy (non-hydrogen) atoms. The van der Waals surface area contributed by atoms with E-state index in [1.165, 1.54) is 0 Å². The fraction of sp³-hybridized carbons (Fsp3) is 0.154. The third-order valence-corrected chi connectivity index (χ3v) is 2.59. The quantitative estimate of drug-likeness (QED) is 0.882. The molecule has 1 aromatic carbocycles. The van der Waals surface area contributed by atoms with Crippen molar-refractivity contribution in [2.24, 2.45) is 0 Å². The van der Waals surface area contributed by atoms with Gasteiger partial charge < -0.3 is 5.11 Å². The molecule has 0 atom stereocenters. The van der Waals surface area contributed by atoms with Crippen LogP contribution in [-0.4, -0.2) is 21.0 Å². The minimum atomic E-state index is -3.10. The number of benzene rings is 1. The summed E-state index contributed by atoms with van der Waals surface area (Å²) in [5, 5.41) is 8.76. The molecule has 1 heterocycles. The van der Waals surface area contributed by atoms with Gasteiger partial charge in [-0.3, -0.25) is 0 Å². The molecule has 0 amide bonds. The average Bonchev–Trinajstić information content (AvgIpc) is 2.36. The predicted molar refractivity (Wildman–Crippen MR) is 63.1 cm³/mol. The number of alkyl halides is 2. The van der Waals surface area contributed by atoms with Gasteiger partial charge in [-0.15, -0.1) is 0 Å². The summed E-state index contributed by atoms with van der Waals surface area (Å²) < 4.78 is 51.6. The van der Waals surface area contributed by atoms with Gasteiger partial charge in [0.05, 0.1) is 0 Å². The zero-order chi connectivity index (χ0) is 15.6. The molecular formula is C13H8F4N2O2. The van der Waals surface area contributed by atoms with Gasteiger partial charge in [0.15, 0.2) is 0 Å². The van der Waals surface area contributed by atoms with Gasteiger partial charge in [-0.25, -0.2) is 32.3 Å². The number of nitrogens with zero attached hydrogens (tertiary/aromatic N) is 2. The standard InChI is InChI=1S/C13H8F4N2O2/c14-7-1-6(2-8(15)4-7)3-10-18-5-9(13(20)21)11(19-10)12(16)17/h1-2,4-5,12H,3H2,(H,20,21). The van der Waals surface area contributed by atoms with Crippen LogP contribution in [-0.2, 0) is 6.42 Å². The third-order valence-electron chi connectivity index (χ3n) is 2.59. The van der Waals surface area contributed by atoms with Crippen molar-refractivity contribution >= 4 is 5.97 Å². The summed E-state index contributed by atoms with van der Waals surface area (Å²) in [6, 6.07) is 2.70. The second kappa shape index (κ2) is 5.86. The summed E-state index contributed by atoms with van der Waals surface area (Å²) in [4.78, 5) is 17.9. The van der Waals surface area contributed by atoms with E-state index < -0.39 is 35.3 Å². The minimum Gasteiger partial charge on any atom is -0.478 e. The van der Waals surface area contributed by atoms with Gasteiger partial charge in [-0.2, -0.15) is 0 Å². The van der Waals surface area contributed by atoms with Crippen molar-refractivity contribution in [2.75, 3.05) is 0 Å². The van der Waals surface area contributed by atoms with Crippen LogP contribution in [0.2, 0.25) is 0 Å². The van der Waals surface area contributed by atoms with E-state index in [0.29, 0.717) is 6.07 Å². The maximum atomic E-state index is 13.0. The molecule has 2 aromatic rings. The highest BCUT2D eigenvalue weighted by atomic mass is 19.3. The predicted octanol–water partition coefficient (Wildman–Crippen LogP) is 2.98. The number of hydrogen-bond donors (Lipinski definition) is 1. The van der Waals surface area contributed by atoms with Crippen LogP contribution in [0.1, 0.15) is 33.9 Å². The third kappa shape index (κ3) is 3.53. The lowest BCUT2D eigenvalue weighted by molar-refractivity contribution is 0.0681. The molecule has 0 saturated carbocycles. The van der Waals surface area contributed by atoms with E-state index in [1.807, 2.05) is 0 Å². The van der Waals surface area contributed by atoms with E-state index in [0.717, 1.165) is 18.3 Å². The van der Waals surface area contributed by atoms with Crippen LogP contribution >= 0.6 is 0 Å². The Morgan fingerprint density at radius 1 is 1.19 bits per heavy atom. The lowest BCUT2D eigenvalue weighted by Gasteiger charge is -2.07. The number of aromatic carboxylic acids is 1. The van der Waals surface area contributed by atoms with Gasteiger partial charge >= 0.3 is 5.97 Å². The second-order valence-corrected chi connectivity index (χ2v) is 4.15. The van der Waals surface area contributed by atoms with Crippen LogP contribution in [0.25, 0.3) is 0 Å². The molecule has 0 aliphatic rings. The van der Waals surface area contributed by atoms with Gasteiger partial charge in [0.1, 0.15) is 28.7 Å². The lowest BCUT2D eigenvalue weighted by Crippen LogP contribution is -2.10. The lowest BCUT2D eigenvalue weighted by atomic mass is 10.1. The Bertz CT molecular complexity index is 672. The van der Waals surface area contributed by atoms with E-state index in [4.69, 9.17) is 5.11 Å². The van der Waals surface area contributed by atoms with Gasteiger partial charge in [0, 0.05) is 18.7 Å². The Kier molecular flexibility index (Phi) is 4.15. The Hall–Kier alpha value is -2.51. The zero-order valence-electron chi connectivity index (χ0n) is 10.4. The number of carbonyl (C=O) groups is 1. The van der Waals surface area contributed by atoms with E-state index >= 15 is 0 Å². The second-order valence-electron chi connectivity index (χ2n) is 4.15. The molecule has 0 radical (unpaired) electrons. The molecule has 0 fully saturated rings. The first-order valence-corrected chi connectivity index (χ1v) is 5.69. The fourth-order valence-electron chi connectivity index (χ4n) is 1.75. The molecule has 4 nitrogen and oxygen atoms in total. The molecule has 0 bridgehead atoms. The zero-order valence-corrected chi connectivity index (χ0v) is 10.4. The summed E-state index contributed by atoms with van der Waals surface area (Å²) in [7, 11) is 0. The highest BCUT2D eigenvalue weighted by Crippen LogP contribution is 2.21.